The lowest BCUT2D eigenvalue weighted by Gasteiger charge is -2.16. The van der Waals surface area contributed by atoms with Gasteiger partial charge in [-0.2, -0.15) is 0 Å². The van der Waals surface area contributed by atoms with Crippen LogP contribution in [0.2, 0.25) is 0 Å². The Morgan fingerprint density at radius 2 is 2.00 bits per heavy atom. The van der Waals surface area contributed by atoms with Gasteiger partial charge in [-0.15, -0.1) is 0 Å². The molecule has 106 valence electrons. The quantitative estimate of drug-likeness (QED) is 0.638. The van der Waals surface area contributed by atoms with E-state index in [2.05, 4.69) is 23.2 Å². The Hall–Kier alpha value is -2.56. The molecule has 0 saturated carbocycles. The third-order valence-corrected chi connectivity index (χ3v) is 2.54. The zero-order chi connectivity index (χ0) is 15.0. The summed E-state index contributed by atoms with van der Waals surface area (Å²) in [6.07, 6.45) is 0.645. The Morgan fingerprint density at radius 1 is 1.35 bits per heavy atom. The van der Waals surface area contributed by atoms with Crippen molar-refractivity contribution in [3.8, 4) is 0 Å². The van der Waals surface area contributed by atoms with Crippen molar-refractivity contribution in [2.45, 2.75) is 12.6 Å². The molecule has 20 heavy (non-hydrogen) atoms. The van der Waals surface area contributed by atoms with Crippen LogP contribution in [0.15, 0.2) is 55.1 Å². The number of ether oxygens (including phenoxy) is 2. The van der Waals surface area contributed by atoms with Gasteiger partial charge in [-0.3, -0.25) is 0 Å². The summed E-state index contributed by atoms with van der Waals surface area (Å²) in [5, 5.41) is 2.38. The minimum atomic E-state index is -0.999. The Balaban J connectivity index is 2.56. The normalized spacial score (nSPS) is 11.1. The van der Waals surface area contributed by atoms with Crippen LogP contribution in [0, 0.1) is 0 Å². The van der Waals surface area contributed by atoms with Crippen molar-refractivity contribution in [3.05, 3.63) is 60.7 Å². The summed E-state index contributed by atoms with van der Waals surface area (Å²) in [4.78, 5) is 23.2. The third-order valence-electron chi connectivity index (χ3n) is 2.54. The van der Waals surface area contributed by atoms with E-state index in [4.69, 9.17) is 4.74 Å². The van der Waals surface area contributed by atoms with E-state index in [9.17, 15) is 9.59 Å². The van der Waals surface area contributed by atoms with Gasteiger partial charge in [0.1, 0.15) is 6.61 Å². The van der Waals surface area contributed by atoms with Gasteiger partial charge in [0.25, 0.3) is 0 Å². The van der Waals surface area contributed by atoms with Crippen molar-refractivity contribution in [1.82, 2.24) is 5.32 Å². The largest absolute Gasteiger partial charge is 0.467 e. The van der Waals surface area contributed by atoms with Crippen molar-refractivity contribution >= 4 is 12.1 Å². The molecule has 0 aliphatic rings. The molecule has 5 nitrogen and oxygen atoms in total. The fraction of sp³-hybridized carbons (Fsp3) is 0.200. The summed E-state index contributed by atoms with van der Waals surface area (Å²) >= 11 is 0. The lowest BCUT2D eigenvalue weighted by Crippen LogP contribution is -2.42. The van der Waals surface area contributed by atoms with Crippen LogP contribution in [0.25, 0.3) is 0 Å². The molecule has 0 aromatic heterocycles. The molecule has 1 amide bonds. The van der Waals surface area contributed by atoms with E-state index >= 15 is 0 Å². The van der Waals surface area contributed by atoms with Gasteiger partial charge in [0, 0.05) is 0 Å². The van der Waals surface area contributed by atoms with Gasteiger partial charge in [0.05, 0.1) is 7.11 Å². The maximum absolute atomic E-state index is 11.7. The van der Waals surface area contributed by atoms with Gasteiger partial charge in [-0.25, -0.2) is 9.59 Å². The average Bonchev–Trinajstić information content (AvgIpc) is 2.50. The number of benzene rings is 1. The van der Waals surface area contributed by atoms with Gasteiger partial charge < -0.3 is 14.8 Å². The minimum absolute atomic E-state index is 0.112. The van der Waals surface area contributed by atoms with Crippen molar-refractivity contribution < 1.29 is 19.1 Å². The second-order valence-electron chi connectivity index (χ2n) is 3.94. The summed E-state index contributed by atoms with van der Waals surface area (Å²) in [5.74, 6) is -0.633. The second-order valence-corrected chi connectivity index (χ2v) is 3.94. The molecular formula is C15H17NO4. The Morgan fingerprint density at radius 3 is 2.55 bits per heavy atom. The molecule has 1 rings (SSSR count). The first-order valence-electron chi connectivity index (χ1n) is 5.94. The van der Waals surface area contributed by atoms with Crippen molar-refractivity contribution in [3.63, 3.8) is 0 Å². The van der Waals surface area contributed by atoms with E-state index in [1.807, 2.05) is 30.3 Å². The highest BCUT2D eigenvalue weighted by Crippen LogP contribution is 2.05. The van der Waals surface area contributed by atoms with Crippen LogP contribution in [-0.2, 0) is 20.9 Å². The number of methoxy groups -OCH3 is 1. The molecule has 0 radical (unpaired) electrons. The number of rotatable bonds is 6. The number of esters is 1. The number of carbonyl (C=O) groups is 2. The number of nitrogens with one attached hydrogen (secondary N) is 1. The molecular weight excluding hydrogens is 258 g/mol. The maximum atomic E-state index is 11.7. The fourth-order valence-corrected chi connectivity index (χ4v) is 1.42. The van der Waals surface area contributed by atoms with Crippen LogP contribution in [0.5, 0.6) is 0 Å². The second kappa shape index (κ2) is 7.78. The molecule has 0 heterocycles. The summed E-state index contributed by atoms with van der Waals surface area (Å²) in [6, 6.07) is 8.20. The predicted molar refractivity (Wildman–Crippen MR) is 74.9 cm³/mol. The Labute approximate surface area is 117 Å². The van der Waals surface area contributed by atoms with Crippen LogP contribution in [0.1, 0.15) is 5.56 Å². The highest BCUT2D eigenvalue weighted by Gasteiger charge is 2.23. The van der Waals surface area contributed by atoms with Crippen LogP contribution in [0.3, 0.4) is 0 Å². The molecule has 1 aromatic carbocycles. The molecule has 0 aliphatic carbocycles. The number of hydrogen-bond donors (Lipinski definition) is 1. The summed E-state index contributed by atoms with van der Waals surface area (Å²) < 4.78 is 9.60. The summed E-state index contributed by atoms with van der Waals surface area (Å²) in [6.45, 7) is 7.24. The molecule has 1 atom stereocenters. The molecule has 1 unspecified atom stereocenters. The molecule has 0 aliphatic heterocycles. The van der Waals surface area contributed by atoms with E-state index in [-0.39, 0.29) is 6.61 Å². The topological polar surface area (TPSA) is 64.6 Å². The number of alkyl carbamates (subject to hydrolysis) is 1. The van der Waals surface area contributed by atoms with E-state index in [1.54, 1.807) is 0 Å². The van der Waals surface area contributed by atoms with Gasteiger partial charge in [-0.05, 0) is 11.1 Å². The zero-order valence-electron chi connectivity index (χ0n) is 11.3. The molecule has 1 N–H and O–H groups in total. The van der Waals surface area contributed by atoms with Crippen LogP contribution in [0.4, 0.5) is 4.79 Å². The zero-order valence-corrected chi connectivity index (χ0v) is 11.3. The first-order chi connectivity index (χ1) is 9.58. The molecule has 0 bridgehead atoms. The number of hydrogen-bond acceptors (Lipinski definition) is 4. The fourth-order valence-electron chi connectivity index (χ4n) is 1.42. The molecule has 0 saturated heterocycles. The minimum Gasteiger partial charge on any atom is -0.467 e. The van der Waals surface area contributed by atoms with Crippen molar-refractivity contribution in [1.29, 1.82) is 0 Å². The Kier molecular flexibility index (Phi) is 6.03. The molecule has 5 heteroatoms. The third kappa shape index (κ3) is 4.61. The van der Waals surface area contributed by atoms with Crippen LogP contribution in [-0.4, -0.2) is 25.2 Å². The first kappa shape index (κ1) is 15.5. The van der Waals surface area contributed by atoms with E-state index in [0.717, 1.165) is 5.56 Å². The first-order valence-corrected chi connectivity index (χ1v) is 5.94. The van der Waals surface area contributed by atoms with Gasteiger partial charge in [0.15, 0.2) is 6.04 Å². The van der Waals surface area contributed by atoms with Gasteiger partial charge >= 0.3 is 12.1 Å². The van der Waals surface area contributed by atoms with Gasteiger partial charge in [-0.1, -0.05) is 49.6 Å². The van der Waals surface area contributed by atoms with Crippen molar-refractivity contribution in [2.75, 3.05) is 7.11 Å². The highest BCUT2D eigenvalue weighted by molar-refractivity contribution is 5.84. The summed E-state index contributed by atoms with van der Waals surface area (Å²) in [5.41, 5.74) is 1.17. The number of amides is 1. The van der Waals surface area contributed by atoms with E-state index in [0.29, 0.717) is 5.57 Å². The molecule has 0 fully saturated rings. The molecule has 0 spiro atoms. The van der Waals surface area contributed by atoms with Crippen LogP contribution < -0.4 is 5.32 Å². The SMILES string of the molecule is C=CC(=C)C(NC(=O)OCc1ccccc1)C(=O)OC. The standard InChI is InChI=1S/C15H17NO4/c1-4-11(2)13(14(17)19-3)16-15(18)20-10-12-8-6-5-7-9-12/h4-9,13H,1-2,10H2,3H3,(H,16,18). The summed E-state index contributed by atoms with van der Waals surface area (Å²) in [7, 11) is 1.22. The maximum Gasteiger partial charge on any atom is 0.408 e. The lowest BCUT2D eigenvalue weighted by molar-refractivity contribution is -0.141. The van der Waals surface area contributed by atoms with Crippen molar-refractivity contribution in [2.24, 2.45) is 0 Å². The average molecular weight is 275 g/mol. The van der Waals surface area contributed by atoms with Crippen LogP contribution >= 0.6 is 0 Å². The van der Waals surface area contributed by atoms with E-state index < -0.39 is 18.1 Å². The molecule has 1 aromatic rings. The van der Waals surface area contributed by atoms with Gasteiger partial charge in [0.2, 0.25) is 0 Å². The Bertz CT molecular complexity index is 496. The smallest absolute Gasteiger partial charge is 0.408 e. The highest BCUT2D eigenvalue weighted by atomic mass is 16.6. The number of carbonyl (C=O) groups excluding carboxylic acids is 2. The van der Waals surface area contributed by atoms with E-state index in [1.165, 1.54) is 13.2 Å². The lowest BCUT2D eigenvalue weighted by atomic mass is 10.1. The monoisotopic (exact) mass is 275 g/mol. The predicted octanol–water partition coefficient (Wildman–Crippen LogP) is 2.20.